The maximum atomic E-state index is 12.1. The van der Waals surface area contributed by atoms with Gasteiger partial charge in [0.25, 0.3) is 0 Å². The number of allylic oxidation sites excluding steroid dienone is 2. The Morgan fingerprint density at radius 2 is 1.11 bits per heavy atom. The highest BCUT2D eigenvalue weighted by Gasteiger charge is 2.34. The second kappa shape index (κ2) is 11.2. The molecule has 3 saturated carbocycles. The molecule has 0 radical (unpaired) electrons. The summed E-state index contributed by atoms with van der Waals surface area (Å²) in [6, 6.07) is 2.48. The molecule has 0 aromatic carbocycles. The molecule has 0 aromatic rings. The second-order valence-corrected chi connectivity index (χ2v) is 9.72. The monoisotopic (exact) mass is 373 g/mol. The van der Waals surface area contributed by atoms with Gasteiger partial charge in [0.1, 0.15) is 0 Å². The summed E-state index contributed by atoms with van der Waals surface area (Å²) in [5, 5.41) is 9.10. The molecule has 3 rings (SSSR count). The summed E-state index contributed by atoms with van der Waals surface area (Å²) in [6.45, 7) is -0.217. The molecule has 27 heavy (non-hydrogen) atoms. The van der Waals surface area contributed by atoms with Gasteiger partial charge in [0, 0.05) is 5.92 Å². The summed E-state index contributed by atoms with van der Waals surface area (Å²) in [5.41, 5.74) is 0. The molecule has 0 spiro atoms. The van der Waals surface area contributed by atoms with Gasteiger partial charge in [-0.1, -0.05) is 25.0 Å². The minimum Gasteiger partial charge on any atom is -0.251 e. The summed E-state index contributed by atoms with van der Waals surface area (Å²) in [4.78, 5) is 0. The van der Waals surface area contributed by atoms with E-state index in [2.05, 4.69) is 12.1 Å². The fourth-order valence-corrected chi connectivity index (χ4v) is 6.39. The minimum absolute atomic E-state index is 0.217. The molecule has 0 unspecified atom stereocenters. The number of nitriles is 1. The van der Waals surface area contributed by atoms with E-state index in [0.717, 1.165) is 48.9 Å². The molecule has 0 amide bonds. The van der Waals surface area contributed by atoms with Crippen molar-refractivity contribution in [2.45, 2.75) is 96.3 Å². The van der Waals surface area contributed by atoms with E-state index in [1.807, 2.05) is 6.08 Å². The molecule has 0 heterocycles. The molecule has 0 N–H and O–H groups in total. The van der Waals surface area contributed by atoms with Gasteiger partial charge in [-0.3, -0.25) is 4.39 Å². The third kappa shape index (κ3) is 6.33. The van der Waals surface area contributed by atoms with Gasteiger partial charge in [-0.2, -0.15) is 5.26 Å². The van der Waals surface area contributed by atoms with Crippen LogP contribution in [0.1, 0.15) is 96.3 Å². The number of hydrogen-bond donors (Lipinski definition) is 0. The Bertz CT molecular complexity index is 469. The Morgan fingerprint density at radius 3 is 1.59 bits per heavy atom. The van der Waals surface area contributed by atoms with Gasteiger partial charge >= 0.3 is 0 Å². The van der Waals surface area contributed by atoms with E-state index < -0.39 is 0 Å². The van der Waals surface area contributed by atoms with Crippen molar-refractivity contribution in [3.05, 3.63) is 12.2 Å². The molecule has 2 heteroatoms. The quantitative estimate of drug-likeness (QED) is 0.421. The summed E-state index contributed by atoms with van der Waals surface area (Å²) in [7, 11) is 0. The minimum atomic E-state index is -0.217. The molecular formula is C25H40FN. The zero-order chi connectivity index (χ0) is 18.9. The van der Waals surface area contributed by atoms with Gasteiger partial charge in [0.15, 0.2) is 0 Å². The van der Waals surface area contributed by atoms with Crippen LogP contribution >= 0.6 is 0 Å². The first-order valence-electron chi connectivity index (χ1n) is 11.9. The highest BCUT2D eigenvalue weighted by atomic mass is 19.1. The predicted molar refractivity (Wildman–Crippen MR) is 111 cm³/mol. The van der Waals surface area contributed by atoms with Crippen molar-refractivity contribution in [2.75, 3.05) is 6.67 Å². The zero-order valence-corrected chi connectivity index (χ0v) is 17.3. The van der Waals surface area contributed by atoms with Gasteiger partial charge in [-0.15, -0.1) is 0 Å². The average molecular weight is 374 g/mol. The van der Waals surface area contributed by atoms with E-state index in [1.165, 1.54) is 70.6 Å². The summed E-state index contributed by atoms with van der Waals surface area (Å²) in [6.07, 6.45) is 23.9. The summed E-state index contributed by atoms with van der Waals surface area (Å²) < 4.78 is 12.1. The largest absolute Gasteiger partial charge is 0.251 e. The van der Waals surface area contributed by atoms with Gasteiger partial charge in [-0.25, -0.2) is 0 Å². The van der Waals surface area contributed by atoms with Crippen LogP contribution in [-0.2, 0) is 0 Å². The van der Waals surface area contributed by atoms with E-state index >= 15 is 0 Å². The standard InChI is InChI=1S/C25H40FN/c26-18-4-2-1-3-5-20-6-10-22(11-7-20)24-14-16-25(17-15-24)23-12-8-21(19-27)9-13-23/h1-2,20-25H,3-18H2/b2-1+/t20-,21-,22-,23-,24?,25?. The topological polar surface area (TPSA) is 23.8 Å². The van der Waals surface area contributed by atoms with E-state index in [0.29, 0.717) is 12.3 Å². The van der Waals surface area contributed by atoms with Crippen LogP contribution < -0.4 is 0 Å². The van der Waals surface area contributed by atoms with Crippen LogP contribution in [0, 0.1) is 46.8 Å². The van der Waals surface area contributed by atoms with Crippen molar-refractivity contribution >= 4 is 0 Å². The summed E-state index contributed by atoms with van der Waals surface area (Å²) in [5.74, 6) is 5.17. The van der Waals surface area contributed by atoms with Crippen LogP contribution in [0.25, 0.3) is 0 Å². The van der Waals surface area contributed by atoms with Gasteiger partial charge < -0.3 is 0 Å². The molecule has 3 aliphatic rings. The van der Waals surface area contributed by atoms with Gasteiger partial charge in [-0.05, 0) is 113 Å². The van der Waals surface area contributed by atoms with E-state index in [-0.39, 0.29) is 6.67 Å². The number of nitrogens with zero attached hydrogens (tertiary/aromatic N) is 1. The molecule has 0 aromatic heterocycles. The Balaban J connectivity index is 1.31. The molecule has 152 valence electrons. The number of rotatable bonds is 7. The van der Waals surface area contributed by atoms with Crippen LogP contribution in [0.2, 0.25) is 0 Å². The predicted octanol–water partition coefficient (Wildman–Crippen LogP) is 7.63. The molecule has 3 aliphatic carbocycles. The number of hydrogen-bond acceptors (Lipinski definition) is 1. The normalized spacial score (nSPS) is 37.9. The van der Waals surface area contributed by atoms with Crippen LogP contribution in [0.15, 0.2) is 12.2 Å². The van der Waals surface area contributed by atoms with E-state index in [9.17, 15) is 4.39 Å². The first-order chi connectivity index (χ1) is 13.3. The summed E-state index contributed by atoms with van der Waals surface area (Å²) >= 11 is 0. The number of alkyl halides is 1. The maximum Gasteiger partial charge on any atom is 0.0928 e. The fraction of sp³-hybridized carbons (Fsp3) is 0.880. The lowest BCUT2D eigenvalue weighted by Crippen LogP contribution is -2.29. The van der Waals surface area contributed by atoms with Crippen LogP contribution in [-0.4, -0.2) is 6.67 Å². The van der Waals surface area contributed by atoms with Crippen LogP contribution in [0.4, 0.5) is 4.39 Å². The van der Waals surface area contributed by atoms with E-state index in [1.54, 1.807) is 0 Å². The second-order valence-electron chi connectivity index (χ2n) is 9.72. The third-order valence-electron chi connectivity index (χ3n) is 8.18. The molecule has 1 nitrogen and oxygen atoms in total. The number of halogens is 1. The smallest absolute Gasteiger partial charge is 0.0928 e. The van der Waals surface area contributed by atoms with Gasteiger partial charge in [0.05, 0.1) is 12.7 Å². The average Bonchev–Trinajstić information content (AvgIpc) is 2.74. The Morgan fingerprint density at radius 1 is 0.667 bits per heavy atom. The Hall–Kier alpha value is -0.840. The van der Waals surface area contributed by atoms with Crippen molar-refractivity contribution in [3.8, 4) is 6.07 Å². The van der Waals surface area contributed by atoms with Crippen molar-refractivity contribution < 1.29 is 4.39 Å². The van der Waals surface area contributed by atoms with Crippen molar-refractivity contribution in [1.82, 2.24) is 0 Å². The Labute approximate surface area is 166 Å². The fourth-order valence-electron chi connectivity index (χ4n) is 6.39. The molecular weight excluding hydrogens is 333 g/mol. The highest BCUT2D eigenvalue weighted by Crippen LogP contribution is 2.46. The maximum absolute atomic E-state index is 12.1. The molecule has 3 fully saturated rings. The van der Waals surface area contributed by atoms with Crippen molar-refractivity contribution in [1.29, 1.82) is 5.26 Å². The molecule has 0 saturated heterocycles. The van der Waals surface area contributed by atoms with Crippen molar-refractivity contribution in [2.24, 2.45) is 35.5 Å². The van der Waals surface area contributed by atoms with Crippen LogP contribution in [0.5, 0.6) is 0 Å². The van der Waals surface area contributed by atoms with E-state index in [4.69, 9.17) is 5.26 Å². The molecule has 0 atom stereocenters. The van der Waals surface area contributed by atoms with Gasteiger partial charge in [0.2, 0.25) is 0 Å². The van der Waals surface area contributed by atoms with Crippen molar-refractivity contribution in [3.63, 3.8) is 0 Å². The highest BCUT2D eigenvalue weighted by molar-refractivity contribution is 4.91. The van der Waals surface area contributed by atoms with Crippen LogP contribution in [0.3, 0.4) is 0 Å². The lowest BCUT2D eigenvalue weighted by Gasteiger charge is -2.41. The third-order valence-corrected chi connectivity index (χ3v) is 8.18. The lowest BCUT2D eigenvalue weighted by atomic mass is 9.65. The Kier molecular flexibility index (Phi) is 8.69. The molecule has 0 aliphatic heterocycles. The zero-order valence-electron chi connectivity index (χ0n) is 17.3. The first kappa shape index (κ1) is 20.9. The first-order valence-corrected chi connectivity index (χ1v) is 11.9. The molecule has 0 bridgehead atoms. The SMILES string of the molecule is N#C[C@H]1CC[C@H](C2CCC([C@H]3CC[C@H](CC/C=C/CCF)CC3)CC2)CC1. The lowest BCUT2D eigenvalue weighted by molar-refractivity contribution is 0.108.